The fourth-order valence-electron chi connectivity index (χ4n) is 3.35. The molecule has 3 rings (SSSR count). The normalized spacial score (nSPS) is 24.0. The van der Waals surface area contributed by atoms with Crippen LogP contribution in [0.3, 0.4) is 0 Å². The van der Waals surface area contributed by atoms with Crippen LogP contribution in [0.4, 0.5) is 0 Å². The van der Waals surface area contributed by atoms with Crippen LogP contribution in [0.2, 0.25) is 0 Å². The molecule has 2 aliphatic rings. The van der Waals surface area contributed by atoms with Crippen molar-refractivity contribution >= 4 is 24.1 Å². The van der Waals surface area contributed by atoms with Gasteiger partial charge in [0.25, 0.3) is 0 Å². The van der Waals surface area contributed by atoms with E-state index < -0.39 is 23.7 Å². The van der Waals surface area contributed by atoms with Crippen LogP contribution in [0.15, 0.2) is 54.3 Å². The van der Waals surface area contributed by atoms with Gasteiger partial charge in [0.15, 0.2) is 6.23 Å². The molecule has 29 heavy (non-hydrogen) atoms. The molecule has 0 aromatic heterocycles. The van der Waals surface area contributed by atoms with Crippen molar-refractivity contribution < 1.29 is 33.4 Å². The van der Waals surface area contributed by atoms with E-state index in [2.05, 4.69) is 0 Å². The van der Waals surface area contributed by atoms with Crippen LogP contribution in [0.5, 0.6) is 0 Å². The summed E-state index contributed by atoms with van der Waals surface area (Å²) in [5.41, 5.74) is -0.782. The number of esters is 2. The summed E-state index contributed by atoms with van der Waals surface area (Å²) in [6, 6.07) is 9.11. The van der Waals surface area contributed by atoms with Crippen molar-refractivity contribution in [3.05, 3.63) is 59.9 Å². The molecule has 8 nitrogen and oxygen atoms in total. The summed E-state index contributed by atoms with van der Waals surface area (Å²) in [5.74, 6) is -1.33. The van der Waals surface area contributed by atoms with Gasteiger partial charge < -0.3 is 14.2 Å². The molecule has 0 bridgehead atoms. The Balaban J connectivity index is 1.85. The van der Waals surface area contributed by atoms with Gasteiger partial charge in [0, 0.05) is 19.4 Å². The van der Waals surface area contributed by atoms with E-state index in [1.807, 2.05) is 30.3 Å². The van der Waals surface area contributed by atoms with Gasteiger partial charge in [0.2, 0.25) is 11.4 Å². The Morgan fingerprint density at radius 2 is 2.00 bits per heavy atom. The summed E-state index contributed by atoms with van der Waals surface area (Å²) in [5, 5.41) is 0. The molecule has 2 aliphatic heterocycles. The molecule has 0 aliphatic carbocycles. The molecule has 0 radical (unpaired) electrons. The highest BCUT2D eigenvalue weighted by Gasteiger charge is 2.64. The van der Waals surface area contributed by atoms with Gasteiger partial charge in [-0.3, -0.25) is 19.3 Å². The molecule has 0 spiro atoms. The lowest BCUT2D eigenvalue weighted by Gasteiger charge is -2.40. The minimum Gasteiger partial charge on any atom is -0.471 e. The van der Waals surface area contributed by atoms with Gasteiger partial charge in [-0.15, -0.1) is 0 Å². The molecule has 1 aromatic carbocycles. The number of carbonyl (C=O) groups is 4. The Labute approximate surface area is 167 Å². The highest BCUT2D eigenvalue weighted by atomic mass is 16.6. The van der Waals surface area contributed by atoms with Crippen molar-refractivity contribution in [1.29, 1.82) is 0 Å². The molecule has 8 heteroatoms. The molecule has 2 atom stereocenters. The summed E-state index contributed by atoms with van der Waals surface area (Å²) in [7, 11) is 0. The number of nitrogens with zero attached hydrogens (tertiary/aromatic N) is 1. The second kappa shape index (κ2) is 8.72. The standard InChI is InChI=1S/C21H21NO7/c1-15(24)27-12-6-5-10-21(20(26)28-14-16-7-3-2-4-8-16)17(9-11-23)29-19-13-18(25)22(19)21/h2-9,11,19H,10,12-14H2,1H3/b6-5-,17-9-/t19-,21?/m1/s1. The lowest BCUT2D eigenvalue weighted by molar-refractivity contribution is -0.174. The average Bonchev–Trinajstić information content (AvgIpc) is 2.95. The Hall–Kier alpha value is -3.42. The second-order valence-electron chi connectivity index (χ2n) is 6.61. The van der Waals surface area contributed by atoms with E-state index in [1.165, 1.54) is 11.8 Å². The van der Waals surface area contributed by atoms with Crippen LogP contribution in [0.1, 0.15) is 25.3 Å². The average molecular weight is 399 g/mol. The predicted molar refractivity (Wildman–Crippen MR) is 99.8 cm³/mol. The van der Waals surface area contributed by atoms with E-state index in [4.69, 9.17) is 14.2 Å². The Morgan fingerprint density at radius 1 is 1.24 bits per heavy atom. The van der Waals surface area contributed by atoms with E-state index in [-0.39, 0.29) is 37.7 Å². The maximum absolute atomic E-state index is 13.2. The highest BCUT2D eigenvalue weighted by Crippen LogP contribution is 2.47. The van der Waals surface area contributed by atoms with Gasteiger partial charge >= 0.3 is 11.9 Å². The molecule has 2 saturated heterocycles. The van der Waals surface area contributed by atoms with E-state index in [0.717, 1.165) is 11.6 Å². The zero-order valence-corrected chi connectivity index (χ0v) is 15.9. The number of fused-ring (bicyclic) bond motifs is 1. The smallest absolute Gasteiger partial charge is 0.340 e. The Morgan fingerprint density at radius 3 is 2.66 bits per heavy atom. The summed E-state index contributed by atoms with van der Waals surface area (Å²) in [6.45, 7) is 1.32. The minimum absolute atomic E-state index is 0.0135. The number of allylic oxidation sites excluding steroid dienone is 1. The molecular formula is C21H21NO7. The molecule has 0 N–H and O–H groups in total. The third-order valence-electron chi connectivity index (χ3n) is 4.72. The van der Waals surface area contributed by atoms with Crippen molar-refractivity contribution in [2.45, 2.75) is 38.1 Å². The van der Waals surface area contributed by atoms with Crippen LogP contribution >= 0.6 is 0 Å². The Kier molecular flexibility index (Phi) is 6.11. The third kappa shape index (κ3) is 4.06. The van der Waals surface area contributed by atoms with Crippen molar-refractivity contribution in [3.63, 3.8) is 0 Å². The summed E-state index contributed by atoms with van der Waals surface area (Å²) in [6.07, 6.45) is 4.33. The van der Waals surface area contributed by atoms with Crippen LogP contribution < -0.4 is 0 Å². The quantitative estimate of drug-likeness (QED) is 0.215. The van der Waals surface area contributed by atoms with Crippen molar-refractivity contribution in [3.8, 4) is 0 Å². The fraction of sp³-hybridized carbons (Fsp3) is 0.333. The Bertz CT molecular complexity index is 861. The zero-order valence-electron chi connectivity index (χ0n) is 15.9. The lowest BCUT2D eigenvalue weighted by atomic mass is 9.88. The van der Waals surface area contributed by atoms with Crippen molar-refractivity contribution in [1.82, 2.24) is 4.90 Å². The van der Waals surface area contributed by atoms with Crippen LogP contribution in [-0.2, 0) is 40.0 Å². The van der Waals surface area contributed by atoms with Gasteiger partial charge in [0.1, 0.15) is 25.3 Å². The first-order valence-corrected chi connectivity index (χ1v) is 9.13. The topological polar surface area (TPSA) is 99.2 Å². The van der Waals surface area contributed by atoms with Crippen molar-refractivity contribution in [2.24, 2.45) is 0 Å². The molecule has 0 saturated carbocycles. The first-order valence-electron chi connectivity index (χ1n) is 9.13. The minimum atomic E-state index is -1.57. The van der Waals surface area contributed by atoms with Crippen molar-refractivity contribution in [2.75, 3.05) is 6.61 Å². The monoisotopic (exact) mass is 399 g/mol. The van der Waals surface area contributed by atoms with Crippen LogP contribution in [-0.4, -0.2) is 47.4 Å². The van der Waals surface area contributed by atoms with Gasteiger partial charge in [-0.05, 0) is 5.56 Å². The fourth-order valence-corrected chi connectivity index (χ4v) is 3.35. The number of hydrogen-bond donors (Lipinski definition) is 0. The maximum Gasteiger partial charge on any atom is 0.340 e. The first kappa shape index (κ1) is 20.3. The van der Waals surface area contributed by atoms with Gasteiger partial charge in [-0.2, -0.15) is 0 Å². The van der Waals surface area contributed by atoms with Gasteiger partial charge in [0.05, 0.1) is 6.42 Å². The molecule has 152 valence electrons. The molecular weight excluding hydrogens is 378 g/mol. The number of rotatable bonds is 8. The first-order chi connectivity index (χ1) is 14.0. The molecule has 1 amide bonds. The molecule has 1 aromatic rings. The van der Waals surface area contributed by atoms with E-state index in [9.17, 15) is 19.2 Å². The van der Waals surface area contributed by atoms with Crippen LogP contribution in [0, 0.1) is 0 Å². The summed E-state index contributed by atoms with van der Waals surface area (Å²) < 4.78 is 16.0. The lowest BCUT2D eigenvalue weighted by Crippen LogP contribution is -2.62. The third-order valence-corrected chi connectivity index (χ3v) is 4.72. The zero-order chi connectivity index (χ0) is 20.9. The van der Waals surface area contributed by atoms with Crippen LogP contribution in [0.25, 0.3) is 0 Å². The number of aldehydes is 1. The summed E-state index contributed by atoms with van der Waals surface area (Å²) in [4.78, 5) is 48.8. The molecule has 2 heterocycles. The van der Waals surface area contributed by atoms with E-state index >= 15 is 0 Å². The predicted octanol–water partition coefficient (Wildman–Crippen LogP) is 1.65. The second-order valence-corrected chi connectivity index (χ2v) is 6.61. The number of benzene rings is 1. The van der Waals surface area contributed by atoms with Gasteiger partial charge in [-0.25, -0.2) is 4.79 Å². The van der Waals surface area contributed by atoms with Gasteiger partial charge in [-0.1, -0.05) is 42.5 Å². The molecule has 1 unspecified atom stereocenters. The number of hydrogen-bond acceptors (Lipinski definition) is 7. The van der Waals surface area contributed by atoms with E-state index in [0.29, 0.717) is 6.29 Å². The highest BCUT2D eigenvalue weighted by molar-refractivity contribution is 5.96. The van der Waals surface area contributed by atoms with E-state index in [1.54, 1.807) is 12.2 Å². The SMILES string of the molecule is CC(=O)OC/C=C\CC1(C(=O)OCc2ccccc2)/C(=C/C=O)O[C@@H]2CC(=O)N21. The number of ether oxygens (including phenoxy) is 3. The number of β-lactam (4-membered cyclic amide) rings is 1. The molecule has 2 fully saturated rings. The maximum atomic E-state index is 13.2. The summed E-state index contributed by atoms with van der Waals surface area (Å²) >= 11 is 0. The largest absolute Gasteiger partial charge is 0.471 e. The number of carbonyl (C=O) groups excluding carboxylic acids is 4. The number of amides is 1.